The zero-order chi connectivity index (χ0) is 12.1. The standard InChI is InChI=1S/C11H15ClFNO2/c1-7(11(15-2)16-3)14-8-4-5-9(12)10(13)6-8/h4-7,11,14H,1-3H3. The zero-order valence-corrected chi connectivity index (χ0v) is 10.2. The number of benzene rings is 1. The van der Waals surface area contributed by atoms with Crippen molar-refractivity contribution in [2.75, 3.05) is 19.5 Å². The maximum Gasteiger partial charge on any atom is 0.176 e. The average Bonchev–Trinajstić information content (AvgIpc) is 2.25. The van der Waals surface area contributed by atoms with Crippen LogP contribution >= 0.6 is 11.6 Å². The summed E-state index contributed by atoms with van der Waals surface area (Å²) in [6, 6.07) is 4.43. The molecule has 0 aliphatic heterocycles. The summed E-state index contributed by atoms with van der Waals surface area (Å²) in [6.45, 7) is 1.88. The minimum absolute atomic E-state index is 0.101. The molecule has 90 valence electrons. The first-order valence-electron chi connectivity index (χ1n) is 4.85. The fraction of sp³-hybridized carbons (Fsp3) is 0.455. The summed E-state index contributed by atoms with van der Waals surface area (Å²) < 4.78 is 23.3. The number of rotatable bonds is 5. The van der Waals surface area contributed by atoms with E-state index in [0.717, 1.165) is 0 Å². The van der Waals surface area contributed by atoms with Crippen LogP contribution < -0.4 is 5.32 Å². The fourth-order valence-corrected chi connectivity index (χ4v) is 1.54. The summed E-state index contributed by atoms with van der Waals surface area (Å²) in [5, 5.41) is 3.17. The molecular weight excluding hydrogens is 233 g/mol. The molecule has 0 amide bonds. The van der Waals surface area contributed by atoms with E-state index in [2.05, 4.69) is 5.32 Å². The van der Waals surface area contributed by atoms with Crippen LogP contribution in [0.2, 0.25) is 5.02 Å². The summed E-state index contributed by atoms with van der Waals surface area (Å²) in [6.07, 6.45) is -0.390. The molecule has 0 bridgehead atoms. The number of hydrogen-bond donors (Lipinski definition) is 1. The highest BCUT2D eigenvalue weighted by Crippen LogP contribution is 2.19. The third-order valence-electron chi connectivity index (χ3n) is 2.19. The third kappa shape index (κ3) is 3.33. The molecule has 1 N–H and O–H groups in total. The lowest BCUT2D eigenvalue weighted by Gasteiger charge is -2.23. The van der Waals surface area contributed by atoms with Crippen molar-refractivity contribution in [1.82, 2.24) is 0 Å². The molecule has 1 aromatic rings. The SMILES string of the molecule is COC(OC)C(C)Nc1ccc(Cl)c(F)c1. The van der Waals surface area contributed by atoms with Gasteiger partial charge >= 0.3 is 0 Å². The maximum atomic E-state index is 13.2. The van der Waals surface area contributed by atoms with Crippen LogP contribution in [0.1, 0.15) is 6.92 Å². The van der Waals surface area contributed by atoms with Crippen molar-refractivity contribution in [2.45, 2.75) is 19.3 Å². The van der Waals surface area contributed by atoms with Crippen LogP contribution in [0.4, 0.5) is 10.1 Å². The summed E-state index contributed by atoms with van der Waals surface area (Å²) in [5.74, 6) is -0.453. The minimum Gasteiger partial charge on any atom is -0.377 e. The fourth-order valence-electron chi connectivity index (χ4n) is 1.42. The van der Waals surface area contributed by atoms with Gasteiger partial charge in [0.2, 0.25) is 0 Å². The summed E-state index contributed by atoms with van der Waals surface area (Å²) in [4.78, 5) is 0. The summed E-state index contributed by atoms with van der Waals surface area (Å²) in [7, 11) is 3.10. The van der Waals surface area contributed by atoms with Gasteiger partial charge in [-0.25, -0.2) is 4.39 Å². The zero-order valence-electron chi connectivity index (χ0n) is 9.46. The van der Waals surface area contributed by atoms with Crippen molar-refractivity contribution in [1.29, 1.82) is 0 Å². The van der Waals surface area contributed by atoms with Gasteiger partial charge in [0, 0.05) is 19.9 Å². The summed E-state index contributed by atoms with van der Waals surface area (Å²) >= 11 is 5.58. The number of nitrogens with one attached hydrogen (secondary N) is 1. The maximum absolute atomic E-state index is 13.2. The highest BCUT2D eigenvalue weighted by Gasteiger charge is 2.15. The topological polar surface area (TPSA) is 30.5 Å². The van der Waals surface area contributed by atoms with E-state index < -0.39 is 12.1 Å². The molecule has 0 radical (unpaired) electrons. The molecular formula is C11H15ClFNO2. The molecule has 5 heteroatoms. The van der Waals surface area contributed by atoms with Crippen molar-refractivity contribution < 1.29 is 13.9 Å². The van der Waals surface area contributed by atoms with Crippen LogP contribution in [0.25, 0.3) is 0 Å². The molecule has 0 aromatic heterocycles. The largest absolute Gasteiger partial charge is 0.377 e. The lowest BCUT2D eigenvalue weighted by Crippen LogP contribution is -2.33. The molecule has 0 fully saturated rings. The number of hydrogen-bond acceptors (Lipinski definition) is 3. The van der Waals surface area contributed by atoms with Crippen LogP contribution in [0.15, 0.2) is 18.2 Å². The Morgan fingerprint density at radius 2 is 1.94 bits per heavy atom. The second kappa shape index (κ2) is 6.03. The second-order valence-corrected chi connectivity index (χ2v) is 3.81. The van der Waals surface area contributed by atoms with Crippen LogP contribution in [-0.2, 0) is 9.47 Å². The molecule has 1 atom stereocenters. The van der Waals surface area contributed by atoms with Crippen LogP contribution in [0.3, 0.4) is 0 Å². The van der Waals surface area contributed by atoms with Gasteiger partial charge in [-0.15, -0.1) is 0 Å². The third-order valence-corrected chi connectivity index (χ3v) is 2.49. The molecule has 1 aromatic carbocycles. The smallest absolute Gasteiger partial charge is 0.176 e. The molecule has 3 nitrogen and oxygen atoms in total. The Kier molecular flexibility index (Phi) is 4.99. The Morgan fingerprint density at radius 3 is 2.44 bits per heavy atom. The van der Waals surface area contributed by atoms with Gasteiger partial charge < -0.3 is 14.8 Å². The number of ether oxygens (including phenoxy) is 2. The lowest BCUT2D eigenvalue weighted by atomic mass is 10.2. The molecule has 1 unspecified atom stereocenters. The molecule has 0 aliphatic carbocycles. The highest BCUT2D eigenvalue weighted by molar-refractivity contribution is 6.30. The van der Waals surface area contributed by atoms with Gasteiger partial charge in [-0.3, -0.25) is 0 Å². The Morgan fingerprint density at radius 1 is 1.31 bits per heavy atom. The highest BCUT2D eigenvalue weighted by atomic mass is 35.5. The number of methoxy groups -OCH3 is 2. The molecule has 0 aliphatic rings. The Hall–Kier alpha value is -0.840. The Labute approximate surface area is 99.5 Å². The Balaban J connectivity index is 2.69. The lowest BCUT2D eigenvalue weighted by molar-refractivity contribution is -0.109. The monoisotopic (exact) mass is 247 g/mol. The van der Waals surface area contributed by atoms with E-state index in [0.29, 0.717) is 5.69 Å². The van der Waals surface area contributed by atoms with E-state index in [1.807, 2.05) is 6.92 Å². The van der Waals surface area contributed by atoms with Gasteiger partial charge in [0.15, 0.2) is 6.29 Å². The van der Waals surface area contributed by atoms with Gasteiger partial charge in [-0.05, 0) is 25.1 Å². The normalized spacial score (nSPS) is 12.9. The first-order chi connectivity index (χ1) is 7.58. The van der Waals surface area contributed by atoms with Crippen LogP contribution in [0, 0.1) is 5.82 Å². The number of halogens is 2. The van der Waals surface area contributed by atoms with E-state index in [-0.39, 0.29) is 11.1 Å². The first-order valence-corrected chi connectivity index (χ1v) is 5.23. The quantitative estimate of drug-likeness (QED) is 0.812. The van der Waals surface area contributed by atoms with Crippen molar-refractivity contribution in [2.24, 2.45) is 0 Å². The molecule has 0 saturated carbocycles. The predicted octanol–water partition coefficient (Wildman–Crippen LogP) is 2.90. The van der Waals surface area contributed by atoms with Gasteiger partial charge in [0.25, 0.3) is 0 Å². The van der Waals surface area contributed by atoms with Crippen molar-refractivity contribution in [3.05, 3.63) is 29.0 Å². The van der Waals surface area contributed by atoms with E-state index in [1.54, 1.807) is 20.3 Å². The Bertz CT molecular complexity index is 345. The van der Waals surface area contributed by atoms with E-state index in [1.165, 1.54) is 12.1 Å². The molecule has 0 heterocycles. The molecule has 0 spiro atoms. The van der Waals surface area contributed by atoms with Crippen LogP contribution in [-0.4, -0.2) is 26.6 Å². The van der Waals surface area contributed by atoms with Crippen LogP contribution in [0.5, 0.6) is 0 Å². The van der Waals surface area contributed by atoms with E-state index >= 15 is 0 Å². The minimum atomic E-state index is -0.453. The van der Waals surface area contributed by atoms with Crippen molar-refractivity contribution in [3.63, 3.8) is 0 Å². The average molecular weight is 248 g/mol. The van der Waals surface area contributed by atoms with Gasteiger partial charge in [-0.1, -0.05) is 11.6 Å². The van der Waals surface area contributed by atoms with Crippen molar-refractivity contribution in [3.8, 4) is 0 Å². The van der Waals surface area contributed by atoms with Gasteiger partial charge in [0.1, 0.15) is 5.82 Å². The summed E-state index contributed by atoms with van der Waals surface area (Å²) in [5.41, 5.74) is 0.633. The molecule has 0 saturated heterocycles. The van der Waals surface area contributed by atoms with E-state index in [9.17, 15) is 4.39 Å². The second-order valence-electron chi connectivity index (χ2n) is 3.40. The van der Waals surface area contributed by atoms with E-state index in [4.69, 9.17) is 21.1 Å². The molecule has 16 heavy (non-hydrogen) atoms. The van der Waals surface area contributed by atoms with Crippen molar-refractivity contribution >= 4 is 17.3 Å². The van der Waals surface area contributed by atoms with Gasteiger partial charge in [0.05, 0.1) is 11.1 Å². The first kappa shape index (κ1) is 13.2. The molecule has 1 rings (SSSR count). The predicted molar refractivity (Wildman–Crippen MR) is 62.3 cm³/mol. The number of anilines is 1. The van der Waals surface area contributed by atoms with Gasteiger partial charge in [-0.2, -0.15) is 0 Å².